The van der Waals surface area contributed by atoms with Crippen LogP contribution in [0.2, 0.25) is 0 Å². The highest BCUT2D eigenvalue weighted by molar-refractivity contribution is 9.09. The molecule has 2 unspecified atom stereocenters. The molecule has 2 nitrogen and oxygen atoms in total. The van der Waals surface area contributed by atoms with Crippen molar-refractivity contribution in [2.75, 3.05) is 5.33 Å². The van der Waals surface area contributed by atoms with Gasteiger partial charge in [-0.15, -0.1) is 0 Å². The lowest BCUT2D eigenvalue weighted by Gasteiger charge is -2.22. The SMILES string of the molecule is CC(CBr)C(C)NC(=O)CCC1CCCCC1. The summed E-state index contributed by atoms with van der Waals surface area (Å²) in [5, 5.41) is 4.04. The Morgan fingerprint density at radius 2 is 1.94 bits per heavy atom. The fraction of sp³-hybridized carbons (Fsp3) is 0.929. The maximum atomic E-state index is 11.8. The third kappa shape index (κ3) is 5.89. The summed E-state index contributed by atoms with van der Waals surface area (Å²) < 4.78 is 0. The van der Waals surface area contributed by atoms with Gasteiger partial charge in [0.15, 0.2) is 0 Å². The van der Waals surface area contributed by atoms with Crippen LogP contribution in [0.4, 0.5) is 0 Å². The highest BCUT2D eigenvalue weighted by Gasteiger charge is 2.17. The van der Waals surface area contributed by atoms with Crippen molar-refractivity contribution in [3.05, 3.63) is 0 Å². The lowest BCUT2D eigenvalue weighted by atomic mass is 9.86. The van der Waals surface area contributed by atoms with Crippen molar-refractivity contribution in [3.8, 4) is 0 Å². The molecular weight excluding hydrogens is 278 g/mol. The lowest BCUT2D eigenvalue weighted by Crippen LogP contribution is -2.37. The number of nitrogens with one attached hydrogen (secondary N) is 1. The van der Waals surface area contributed by atoms with E-state index in [1.165, 1.54) is 32.1 Å². The van der Waals surface area contributed by atoms with E-state index in [-0.39, 0.29) is 11.9 Å². The van der Waals surface area contributed by atoms with Gasteiger partial charge in [-0.05, 0) is 25.2 Å². The molecule has 1 aliphatic rings. The van der Waals surface area contributed by atoms with Crippen molar-refractivity contribution in [2.45, 2.75) is 64.8 Å². The Morgan fingerprint density at radius 1 is 1.29 bits per heavy atom. The van der Waals surface area contributed by atoms with Gasteiger partial charge in [-0.25, -0.2) is 0 Å². The normalized spacial score (nSPS) is 20.9. The van der Waals surface area contributed by atoms with Gasteiger partial charge >= 0.3 is 0 Å². The molecule has 1 N–H and O–H groups in total. The van der Waals surface area contributed by atoms with Crippen molar-refractivity contribution in [1.82, 2.24) is 5.32 Å². The predicted octanol–water partition coefficient (Wildman–Crippen LogP) is 3.88. The van der Waals surface area contributed by atoms with E-state index in [0.717, 1.165) is 17.7 Å². The Morgan fingerprint density at radius 3 is 2.53 bits per heavy atom. The highest BCUT2D eigenvalue weighted by atomic mass is 79.9. The summed E-state index contributed by atoms with van der Waals surface area (Å²) in [6.45, 7) is 4.24. The minimum Gasteiger partial charge on any atom is -0.353 e. The van der Waals surface area contributed by atoms with Gasteiger partial charge in [0, 0.05) is 17.8 Å². The topological polar surface area (TPSA) is 29.1 Å². The number of rotatable bonds is 6. The molecule has 0 spiro atoms. The Bertz CT molecular complexity index is 226. The summed E-state index contributed by atoms with van der Waals surface area (Å²) in [4.78, 5) is 11.8. The largest absolute Gasteiger partial charge is 0.353 e. The summed E-state index contributed by atoms with van der Waals surface area (Å²) >= 11 is 3.46. The summed E-state index contributed by atoms with van der Waals surface area (Å²) in [5.41, 5.74) is 0. The van der Waals surface area contributed by atoms with Gasteiger partial charge < -0.3 is 5.32 Å². The molecule has 0 bridgehead atoms. The quantitative estimate of drug-likeness (QED) is 0.741. The van der Waals surface area contributed by atoms with Crippen LogP contribution in [-0.4, -0.2) is 17.3 Å². The second-order valence-corrected chi connectivity index (χ2v) is 6.18. The third-order valence-corrected chi connectivity index (χ3v) is 5.01. The van der Waals surface area contributed by atoms with Crippen LogP contribution in [0.25, 0.3) is 0 Å². The third-order valence-electron chi connectivity index (χ3n) is 3.99. The molecule has 1 saturated carbocycles. The van der Waals surface area contributed by atoms with Crippen molar-refractivity contribution in [2.24, 2.45) is 11.8 Å². The van der Waals surface area contributed by atoms with Gasteiger partial charge in [0.1, 0.15) is 0 Å². The zero-order valence-corrected chi connectivity index (χ0v) is 12.8. The molecule has 0 aromatic carbocycles. The molecule has 1 aliphatic carbocycles. The lowest BCUT2D eigenvalue weighted by molar-refractivity contribution is -0.122. The molecule has 0 aromatic rings. The Labute approximate surface area is 114 Å². The molecule has 0 radical (unpaired) electrons. The van der Waals surface area contributed by atoms with E-state index in [4.69, 9.17) is 0 Å². The number of amides is 1. The van der Waals surface area contributed by atoms with E-state index in [1.807, 2.05) is 0 Å². The van der Waals surface area contributed by atoms with E-state index in [1.54, 1.807) is 0 Å². The molecule has 1 rings (SSSR count). The fourth-order valence-corrected chi connectivity index (χ4v) is 2.97. The van der Waals surface area contributed by atoms with E-state index in [9.17, 15) is 4.79 Å². The van der Waals surface area contributed by atoms with Crippen LogP contribution in [0.1, 0.15) is 58.8 Å². The number of hydrogen-bond acceptors (Lipinski definition) is 1. The van der Waals surface area contributed by atoms with Gasteiger partial charge in [0.25, 0.3) is 0 Å². The van der Waals surface area contributed by atoms with Gasteiger partial charge in [-0.1, -0.05) is 55.0 Å². The number of halogens is 1. The maximum absolute atomic E-state index is 11.8. The smallest absolute Gasteiger partial charge is 0.220 e. The highest BCUT2D eigenvalue weighted by Crippen LogP contribution is 2.27. The average molecular weight is 304 g/mol. The molecule has 0 saturated heterocycles. The molecule has 0 aromatic heterocycles. The first-order valence-electron chi connectivity index (χ1n) is 6.98. The first kappa shape index (κ1) is 15.0. The molecular formula is C14H26BrNO. The average Bonchev–Trinajstić information content (AvgIpc) is 2.36. The van der Waals surface area contributed by atoms with Crippen molar-refractivity contribution >= 4 is 21.8 Å². The summed E-state index contributed by atoms with van der Waals surface area (Å²) in [6.07, 6.45) is 8.58. The Hall–Kier alpha value is -0.0500. The maximum Gasteiger partial charge on any atom is 0.220 e. The summed E-state index contributed by atoms with van der Waals surface area (Å²) in [6, 6.07) is 0.272. The summed E-state index contributed by atoms with van der Waals surface area (Å²) in [7, 11) is 0. The van der Waals surface area contributed by atoms with Crippen molar-refractivity contribution < 1.29 is 4.79 Å². The summed E-state index contributed by atoms with van der Waals surface area (Å²) in [5.74, 6) is 1.53. The fourth-order valence-electron chi connectivity index (χ4n) is 2.41. The first-order valence-corrected chi connectivity index (χ1v) is 8.11. The number of alkyl halides is 1. The van der Waals surface area contributed by atoms with Gasteiger partial charge in [0.05, 0.1) is 0 Å². The first-order chi connectivity index (χ1) is 8.13. The Balaban J connectivity index is 2.15. The minimum absolute atomic E-state index is 0.232. The minimum atomic E-state index is 0.232. The molecule has 3 heteroatoms. The van der Waals surface area contributed by atoms with Crippen LogP contribution in [0.5, 0.6) is 0 Å². The number of hydrogen-bond donors (Lipinski definition) is 1. The van der Waals surface area contributed by atoms with Crippen LogP contribution >= 0.6 is 15.9 Å². The number of carbonyl (C=O) groups is 1. The molecule has 1 fully saturated rings. The Kier molecular flexibility index (Phi) is 7.17. The van der Waals surface area contributed by atoms with E-state index < -0.39 is 0 Å². The zero-order valence-electron chi connectivity index (χ0n) is 11.2. The molecule has 2 atom stereocenters. The zero-order chi connectivity index (χ0) is 12.7. The van der Waals surface area contributed by atoms with E-state index in [0.29, 0.717) is 12.3 Å². The van der Waals surface area contributed by atoms with Gasteiger partial charge in [-0.2, -0.15) is 0 Å². The van der Waals surface area contributed by atoms with Gasteiger partial charge in [0.2, 0.25) is 5.91 Å². The van der Waals surface area contributed by atoms with Gasteiger partial charge in [-0.3, -0.25) is 4.79 Å². The van der Waals surface area contributed by atoms with E-state index in [2.05, 4.69) is 35.1 Å². The van der Waals surface area contributed by atoms with Crippen molar-refractivity contribution in [1.29, 1.82) is 0 Å². The van der Waals surface area contributed by atoms with Crippen LogP contribution in [0, 0.1) is 11.8 Å². The second kappa shape index (κ2) is 8.12. The molecule has 0 heterocycles. The predicted molar refractivity (Wildman–Crippen MR) is 76.4 cm³/mol. The number of carbonyl (C=O) groups excluding carboxylic acids is 1. The molecule has 17 heavy (non-hydrogen) atoms. The van der Waals surface area contributed by atoms with Crippen LogP contribution in [0.3, 0.4) is 0 Å². The molecule has 1 amide bonds. The van der Waals surface area contributed by atoms with Crippen LogP contribution in [0.15, 0.2) is 0 Å². The molecule has 0 aliphatic heterocycles. The monoisotopic (exact) mass is 303 g/mol. The van der Waals surface area contributed by atoms with E-state index >= 15 is 0 Å². The standard InChI is InChI=1S/C14H26BrNO/c1-11(10-15)12(2)16-14(17)9-8-13-6-4-3-5-7-13/h11-13H,3-10H2,1-2H3,(H,16,17). The van der Waals surface area contributed by atoms with Crippen LogP contribution in [-0.2, 0) is 4.79 Å². The van der Waals surface area contributed by atoms with Crippen LogP contribution < -0.4 is 5.32 Å². The second-order valence-electron chi connectivity index (χ2n) is 5.53. The van der Waals surface area contributed by atoms with Crippen molar-refractivity contribution in [3.63, 3.8) is 0 Å². The molecule has 100 valence electrons.